The van der Waals surface area contributed by atoms with E-state index < -0.39 is 5.97 Å². The summed E-state index contributed by atoms with van der Waals surface area (Å²) in [6, 6.07) is 6.61. The summed E-state index contributed by atoms with van der Waals surface area (Å²) in [4.78, 5) is 22.0. The molecule has 1 aliphatic rings. The summed E-state index contributed by atoms with van der Waals surface area (Å²) in [5, 5.41) is 10.2. The smallest absolute Gasteiger partial charge is 0.424 e. The molecule has 0 unspecified atom stereocenters. The molecule has 0 radical (unpaired) electrons. The zero-order valence-corrected chi connectivity index (χ0v) is 9.76. The van der Waals surface area contributed by atoms with Gasteiger partial charge in [0, 0.05) is 13.1 Å². The monoisotopic (exact) mass is 250 g/mol. The molecule has 0 atom stereocenters. The Bertz CT molecular complexity index is 444. The lowest BCUT2D eigenvalue weighted by atomic mass is 10.1. The number of hydrazine groups is 1. The Morgan fingerprint density at radius 1 is 1.39 bits per heavy atom. The van der Waals surface area contributed by atoms with E-state index in [0.717, 1.165) is 5.56 Å². The molecule has 1 aliphatic heterocycles. The number of carbonyl (C=O) groups is 2. The predicted molar refractivity (Wildman–Crippen MR) is 63.2 cm³/mol. The minimum Gasteiger partial charge on any atom is -0.478 e. The van der Waals surface area contributed by atoms with Crippen LogP contribution in [0, 0.1) is 0 Å². The molecule has 1 saturated heterocycles. The van der Waals surface area contributed by atoms with Crippen LogP contribution >= 0.6 is 0 Å². The number of hydrogen-bond donors (Lipinski definition) is 2. The minimum atomic E-state index is -0.942. The number of ether oxygens (including phenoxy) is 1. The number of hydrogen-bond acceptors (Lipinski definition) is 4. The Balaban J connectivity index is 1.89. The van der Waals surface area contributed by atoms with Crippen LogP contribution in [0.3, 0.4) is 0 Å². The maximum Gasteiger partial charge on any atom is 0.424 e. The van der Waals surface area contributed by atoms with Gasteiger partial charge in [0.2, 0.25) is 0 Å². The summed E-state index contributed by atoms with van der Waals surface area (Å²) in [5.41, 5.74) is 4.16. The number of benzene rings is 1. The van der Waals surface area contributed by atoms with Gasteiger partial charge in [0.15, 0.2) is 0 Å². The van der Waals surface area contributed by atoms with Crippen molar-refractivity contribution in [1.29, 1.82) is 0 Å². The lowest BCUT2D eigenvalue weighted by Crippen LogP contribution is -2.50. The van der Waals surface area contributed by atoms with Gasteiger partial charge < -0.3 is 9.84 Å². The molecule has 6 heteroatoms. The van der Waals surface area contributed by atoms with Gasteiger partial charge in [-0.15, -0.1) is 0 Å². The van der Waals surface area contributed by atoms with Crippen molar-refractivity contribution in [1.82, 2.24) is 10.4 Å². The van der Waals surface area contributed by atoms with E-state index in [4.69, 9.17) is 9.84 Å². The summed E-state index contributed by atoms with van der Waals surface area (Å²) in [5.74, 6) is -0.942. The third kappa shape index (κ3) is 2.98. The van der Waals surface area contributed by atoms with Crippen LogP contribution in [-0.4, -0.2) is 41.9 Å². The number of aromatic carboxylic acids is 1. The molecular formula is C12H14N2O4. The molecule has 2 rings (SSSR count). The highest BCUT2D eigenvalue weighted by Gasteiger charge is 2.18. The summed E-state index contributed by atoms with van der Waals surface area (Å²) in [7, 11) is 0. The Labute approximate surface area is 104 Å². The van der Waals surface area contributed by atoms with Crippen LogP contribution in [0.25, 0.3) is 0 Å². The maximum atomic E-state index is 11.3. The van der Waals surface area contributed by atoms with Gasteiger partial charge >= 0.3 is 12.1 Å². The average molecular weight is 250 g/mol. The van der Waals surface area contributed by atoms with Crippen molar-refractivity contribution in [3.05, 3.63) is 35.4 Å². The Hall–Kier alpha value is -2.08. The molecule has 18 heavy (non-hydrogen) atoms. The molecule has 96 valence electrons. The van der Waals surface area contributed by atoms with Crippen LogP contribution in [0.15, 0.2) is 24.3 Å². The van der Waals surface area contributed by atoms with E-state index >= 15 is 0 Å². The van der Waals surface area contributed by atoms with Crippen LogP contribution in [0.4, 0.5) is 4.79 Å². The van der Waals surface area contributed by atoms with Crippen LogP contribution in [-0.2, 0) is 11.2 Å². The normalized spacial score (nSPS) is 15.3. The van der Waals surface area contributed by atoms with Gasteiger partial charge in [-0.05, 0) is 24.1 Å². The Morgan fingerprint density at radius 2 is 2.11 bits per heavy atom. The Kier molecular flexibility index (Phi) is 3.78. The second-order valence-corrected chi connectivity index (χ2v) is 3.93. The first-order valence-electron chi connectivity index (χ1n) is 5.67. The van der Waals surface area contributed by atoms with Gasteiger partial charge in [-0.25, -0.2) is 20.0 Å². The van der Waals surface area contributed by atoms with E-state index in [0.29, 0.717) is 26.1 Å². The molecule has 0 spiro atoms. The first kappa shape index (κ1) is 12.4. The molecule has 0 saturated carbocycles. The number of rotatable bonds is 4. The number of amides is 1. The predicted octanol–water partition coefficient (Wildman–Crippen LogP) is 0.884. The van der Waals surface area contributed by atoms with Crippen molar-refractivity contribution in [3.63, 3.8) is 0 Å². The second-order valence-electron chi connectivity index (χ2n) is 3.93. The van der Waals surface area contributed by atoms with Gasteiger partial charge in [-0.3, -0.25) is 0 Å². The van der Waals surface area contributed by atoms with E-state index in [2.05, 4.69) is 5.43 Å². The lowest BCUT2D eigenvalue weighted by Gasteiger charge is -2.27. The van der Waals surface area contributed by atoms with Crippen LogP contribution in [0.1, 0.15) is 15.9 Å². The zero-order valence-electron chi connectivity index (χ0n) is 9.76. The molecule has 0 bridgehead atoms. The van der Waals surface area contributed by atoms with Gasteiger partial charge in [0.1, 0.15) is 6.61 Å². The largest absolute Gasteiger partial charge is 0.478 e. The molecule has 1 heterocycles. The van der Waals surface area contributed by atoms with E-state index in [1.807, 2.05) is 0 Å². The van der Waals surface area contributed by atoms with Crippen LogP contribution in [0.2, 0.25) is 0 Å². The third-order valence-electron chi connectivity index (χ3n) is 2.68. The zero-order chi connectivity index (χ0) is 13.0. The molecule has 0 aromatic heterocycles. The highest BCUT2D eigenvalue weighted by Crippen LogP contribution is 2.06. The second kappa shape index (κ2) is 5.50. The number of carboxylic acid groups (broad SMARTS) is 1. The highest BCUT2D eigenvalue weighted by molar-refractivity contribution is 5.87. The molecule has 2 N–H and O–H groups in total. The van der Waals surface area contributed by atoms with Crippen molar-refractivity contribution in [2.24, 2.45) is 0 Å². The third-order valence-corrected chi connectivity index (χ3v) is 2.68. The van der Waals surface area contributed by atoms with Crippen LogP contribution < -0.4 is 5.43 Å². The molecular weight excluding hydrogens is 236 g/mol. The number of nitrogens with zero attached hydrogens (tertiary/aromatic N) is 1. The fourth-order valence-corrected chi connectivity index (χ4v) is 1.69. The minimum absolute atomic E-state index is 0.259. The van der Waals surface area contributed by atoms with Gasteiger partial charge in [0.05, 0.1) is 5.56 Å². The van der Waals surface area contributed by atoms with Crippen molar-refractivity contribution >= 4 is 12.1 Å². The van der Waals surface area contributed by atoms with Crippen molar-refractivity contribution in [2.45, 2.75) is 6.42 Å². The molecule has 1 aromatic carbocycles. The fraction of sp³-hybridized carbons (Fsp3) is 0.333. The molecule has 0 aliphatic carbocycles. The first-order valence-corrected chi connectivity index (χ1v) is 5.67. The summed E-state index contributed by atoms with van der Waals surface area (Å²) in [6.45, 7) is 1.50. The van der Waals surface area contributed by atoms with Gasteiger partial charge in [-0.2, -0.15) is 0 Å². The number of nitrogens with one attached hydrogen (secondary N) is 1. The summed E-state index contributed by atoms with van der Waals surface area (Å²) < 4.78 is 4.88. The van der Waals surface area contributed by atoms with Gasteiger partial charge in [0.25, 0.3) is 0 Å². The quantitative estimate of drug-likeness (QED) is 0.829. The van der Waals surface area contributed by atoms with Crippen LogP contribution in [0.5, 0.6) is 0 Å². The summed E-state index contributed by atoms with van der Waals surface area (Å²) >= 11 is 0. The standard InChI is InChI=1S/C12H14N2O4/c15-11(16)10-3-1-9(2-4-10)5-7-14-12(17)18-8-6-13-14/h1-4,13H,5-8H2,(H,15,16). The highest BCUT2D eigenvalue weighted by atomic mass is 16.6. The molecule has 6 nitrogen and oxygen atoms in total. The van der Waals surface area contributed by atoms with E-state index in [1.54, 1.807) is 24.3 Å². The topological polar surface area (TPSA) is 78.9 Å². The SMILES string of the molecule is O=C(O)c1ccc(CCN2NCCOC2=O)cc1. The average Bonchev–Trinajstić information content (AvgIpc) is 2.38. The summed E-state index contributed by atoms with van der Waals surface area (Å²) in [6.07, 6.45) is 0.269. The lowest BCUT2D eigenvalue weighted by molar-refractivity contribution is 0.0490. The van der Waals surface area contributed by atoms with Crippen molar-refractivity contribution < 1.29 is 19.4 Å². The molecule has 1 amide bonds. The van der Waals surface area contributed by atoms with E-state index in [9.17, 15) is 9.59 Å². The molecule has 1 fully saturated rings. The van der Waals surface area contributed by atoms with E-state index in [1.165, 1.54) is 5.01 Å². The number of carbonyl (C=O) groups excluding carboxylic acids is 1. The first-order chi connectivity index (χ1) is 8.66. The maximum absolute atomic E-state index is 11.3. The fourth-order valence-electron chi connectivity index (χ4n) is 1.69. The van der Waals surface area contributed by atoms with Crippen molar-refractivity contribution in [2.75, 3.05) is 19.7 Å². The number of carboxylic acids is 1. The Morgan fingerprint density at radius 3 is 2.72 bits per heavy atom. The molecule has 1 aromatic rings. The van der Waals surface area contributed by atoms with Crippen molar-refractivity contribution in [3.8, 4) is 0 Å². The van der Waals surface area contributed by atoms with E-state index in [-0.39, 0.29) is 11.7 Å². The van der Waals surface area contributed by atoms with Gasteiger partial charge in [-0.1, -0.05) is 12.1 Å². The number of cyclic esters (lactones) is 1.